The number of H-pyrrole nitrogens is 1. The number of nitrogens with one attached hydrogen (secondary N) is 1. The average molecular weight is 532 g/mol. The van der Waals surface area contributed by atoms with E-state index in [1.807, 2.05) is 30.3 Å². The number of aryl methyl sites for hydroxylation is 2. The lowest BCUT2D eigenvalue weighted by Gasteiger charge is -2.31. The van der Waals surface area contributed by atoms with Gasteiger partial charge < -0.3 is 14.8 Å². The zero-order chi connectivity index (χ0) is 27.9. The Balaban J connectivity index is 1.37. The van der Waals surface area contributed by atoms with Crippen molar-refractivity contribution in [1.29, 1.82) is 0 Å². The monoisotopic (exact) mass is 531 g/mol. The Bertz CT molecular complexity index is 1770. The Kier molecular flexibility index (Phi) is 6.44. The van der Waals surface area contributed by atoms with Gasteiger partial charge in [-0.15, -0.1) is 0 Å². The van der Waals surface area contributed by atoms with Crippen molar-refractivity contribution in [3.8, 4) is 16.9 Å². The van der Waals surface area contributed by atoms with Crippen LogP contribution in [-0.2, 0) is 13.0 Å². The van der Waals surface area contributed by atoms with E-state index in [-0.39, 0.29) is 0 Å². The van der Waals surface area contributed by atoms with E-state index in [0.717, 1.165) is 74.7 Å². The van der Waals surface area contributed by atoms with Crippen molar-refractivity contribution in [2.75, 3.05) is 7.05 Å². The molecule has 1 aliphatic rings. The molecule has 0 fully saturated rings. The molecule has 0 amide bonds. The fraction of sp³-hybridized carbons (Fsp3) is 0.182. The predicted molar refractivity (Wildman–Crippen MR) is 159 cm³/mol. The molecule has 40 heavy (non-hydrogen) atoms. The first-order chi connectivity index (χ1) is 19.4. The van der Waals surface area contributed by atoms with Crippen LogP contribution in [0.3, 0.4) is 0 Å². The smallest absolute Gasteiger partial charge is 0.449 e. The minimum atomic E-state index is -1.33. The van der Waals surface area contributed by atoms with Crippen LogP contribution in [0.25, 0.3) is 22.2 Å². The first kappa shape index (κ1) is 25.5. The molecule has 0 aliphatic carbocycles. The lowest BCUT2D eigenvalue weighted by atomic mass is 10.0. The van der Waals surface area contributed by atoms with E-state index < -0.39 is 6.16 Å². The van der Waals surface area contributed by atoms with E-state index in [4.69, 9.17) is 19.8 Å². The molecule has 7 nitrogen and oxygen atoms in total. The normalized spacial score (nSPS) is 16.1. The van der Waals surface area contributed by atoms with Gasteiger partial charge in [-0.05, 0) is 48.7 Å². The van der Waals surface area contributed by atoms with Crippen molar-refractivity contribution in [1.82, 2.24) is 14.5 Å². The third kappa shape index (κ3) is 4.54. The van der Waals surface area contributed by atoms with E-state index in [9.17, 15) is 4.79 Å². The summed E-state index contributed by atoms with van der Waals surface area (Å²) in [5, 5.41) is 9.13. The first-order valence-corrected chi connectivity index (χ1v) is 13.5. The molecule has 1 unspecified atom stereocenters. The fourth-order valence-electron chi connectivity index (χ4n) is 5.69. The van der Waals surface area contributed by atoms with E-state index in [1.165, 1.54) is 0 Å². The molecule has 200 valence electrons. The Morgan fingerprint density at radius 1 is 0.975 bits per heavy atom. The second-order valence-corrected chi connectivity index (χ2v) is 10.5. The number of carbonyl (C=O) groups is 1. The number of amidine groups is 1. The summed E-state index contributed by atoms with van der Waals surface area (Å²) in [6.07, 6.45) is 0.637. The van der Waals surface area contributed by atoms with Crippen molar-refractivity contribution >= 4 is 34.4 Å². The molecule has 7 heteroatoms. The number of hydrogen-bond acceptors (Lipinski definition) is 4. The number of aliphatic imine (C=N–C) groups is 1. The molecule has 2 N–H and O–H groups in total. The summed E-state index contributed by atoms with van der Waals surface area (Å²) in [4.78, 5) is 24.7. The molecule has 6 rings (SSSR count). The maximum atomic E-state index is 11.2. The van der Waals surface area contributed by atoms with Gasteiger partial charge in [0.1, 0.15) is 23.8 Å². The van der Waals surface area contributed by atoms with Crippen LogP contribution in [0, 0.1) is 6.92 Å². The van der Waals surface area contributed by atoms with Crippen LogP contribution in [-0.4, -0.2) is 34.1 Å². The van der Waals surface area contributed by atoms with Gasteiger partial charge in [0, 0.05) is 23.6 Å². The topological polar surface area (TPSA) is 87.6 Å². The largest absolute Gasteiger partial charge is 0.511 e. The number of aromatic amines is 1. The first-order valence-electron chi connectivity index (χ1n) is 13.5. The maximum absolute atomic E-state index is 11.2. The second-order valence-electron chi connectivity index (χ2n) is 10.5. The Labute approximate surface area is 233 Å². The molecule has 0 spiro atoms. The minimum absolute atomic E-state index is 0.316. The standard InChI is InChI=1S/C33H30N4O3/c1-4-9-30-34-27-19-24(18-21(2)31(27)36-30)32-35-26-11-6-7-12-28(26)37(32,3)20-22-14-16-23(17-15-22)25-10-5-8-13-29(25)40-33(38)39/h5-8,10-19H,4,9,20H2,1-3H3,(H-,34,35,36,38,39)/p+1. The van der Waals surface area contributed by atoms with E-state index >= 15 is 0 Å². The fourth-order valence-corrected chi connectivity index (χ4v) is 5.69. The van der Waals surface area contributed by atoms with Crippen LogP contribution in [0.2, 0.25) is 0 Å². The predicted octanol–water partition coefficient (Wildman–Crippen LogP) is 7.78. The van der Waals surface area contributed by atoms with Crippen LogP contribution in [0.4, 0.5) is 16.2 Å². The van der Waals surface area contributed by atoms with Crippen LogP contribution in [0.5, 0.6) is 5.75 Å². The minimum Gasteiger partial charge on any atom is -0.449 e. The number of quaternary nitrogens is 1. The van der Waals surface area contributed by atoms with Crippen molar-refractivity contribution in [3.05, 3.63) is 107 Å². The average Bonchev–Trinajstić information content (AvgIpc) is 3.48. The maximum Gasteiger partial charge on any atom is 0.511 e. The van der Waals surface area contributed by atoms with Crippen LogP contribution in [0.15, 0.2) is 89.9 Å². The molecule has 0 radical (unpaired) electrons. The van der Waals surface area contributed by atoms with Gasteiger partial charge in [-0.2, -0.15) is 4.99 Å². The lowest BCUT2D eigenvalue weighted by molar-refractivity contribution is 0.144. The summed E-state index contributed by atoms with van der Waals surface area (Å²) in [6, 6.07) is 28.1. The molecule has 2 heterocycles. The SMILES string of the molecule is CCCc1nc2c(C)cc(C3=Nc4ccccc4[N+]3(C)Cc3ccc(-c4ccccc4OC(=O)O)cc3)cc2[nH]1. The molecule has 1 aliphatic heterocycles. The molecule has 1 atom stereocenters. The Morgan fingerprint density at radius 3 is 2.50 bits per heavy atom. The molecule has 0 saturated heterocycles. The van der Waals surface area contributed by atoms with Gasteiger partial charge in [-0.1, -0.05) is 61.5 Å². The Morgan fingerprint density at radius 2 is 1.73 bits per heavy atom. The summed E-state index contributed by atoms with van der Waals surface area (Å²) in [6.45, 7) is 4.97. The van der Waals surface area contributed by atoms with E-state index in [0.29, 0.717) is 16.8 Å². The molecule has 4 aromatic carbocycles. The molecular formula is C33H31N4O3+. The van der Waals surface area contributed by atoms with Gasteiger partial charge in [0.2, 0.25) is 5.84 Å². The van der Waals surface area contributed by atoms with Crippen molar-refractivity contribution in [2.45, 2.75) is 33.2 Å². The molecule has 0 saturated carbocycles. The second kappa shape index (κ2) is 10.1. The Hall–Kier alpha value is -4.75. The zero-order valence-corrected chi connectivity index (χ0v) is 22.8. The number of carboxylic acid groups (broad SMARTS) is 1. The van der Waals surface area contributed by atoms with Crippen molar-refractivity contribution in [2.24, 2.45) is 4.99 Å². The van der Waals surface area contributed by atoms with Crippen LogP contribution in [0.1, 0.15) is 35.9 Å². The lowest BCUT2D eigenvalue weighted by Crippen LogP contribution is -2.48. The molecule has 1 aromatic heterocycles. The number of imidazole rings is 1. The molecule has 0 bridgehead atoms. The molecule has 5 aromatic rings. The van der Waals surface area contributed by atoms with E-state index in [1.54, 1.807) is 12.1 Å². The summed E-state index contributed by atoms with van der Waals surface area (Å²) in [5.41, 5.74) is 9.14. The number of hydrogen-bond donors (Lipinski definition) is 2. The number of rotatable bonds is 7. The highest BCUT2D eigenvalue weighted by atomic mass is 16.7. The van der Waals surface area contributed by atoms with Crippen molar-refractivity contribution in [3.63, 3.8) is 0 Å². The number of fused-ring (bicyclic) bond motifs is 2. The van der Waals surface area contributed by atoms with Gasteiger partial charge in [0.05, 0.1) is 23.6 Å². The number of aromatic nitrogens is 2. The van der Waals surface area contributed by atoms with Gasteiger partial charge in [0.25, 0.3) is 0 Å². The van der Waals surface area contributed by atoms with E-state index in [2.05, 4.69) is 68.3 Å². The highest BCUT2D eigenvalue weighted by Gasteiger charge is 2.41. The zero-order valence-electron chi connectivity index (χ0n) is 22.8. The van der Waals surface area contributed by atoms with Crippen LogP contribution >= 0.6 is 0 Å². The third-order valence-corrected chi connectivity index (χ3v) is 7.53. The van der Waals surface area contributed by atoms with Gasteiger partial charge in [-0.25, -0.2) is 14.3 Å². The van der Waals surface area contributed by atoms with Gasteiger partial charge in [0.15, 0.2) is 5.69 Å². The highest BCUT2D eigenvalue weighted by molar-refractivity contribution is 6.13. The van der Waals surface area contributed by atoms with Gasteiger partial charge >= 0.3 is 6.16 Å². The number of para-hydroxylation sites is 3. The number of nitrogens with zero attached hydrogens (tertiary/aromatic N) is 3. The van der Waals surface area contributed by atoms with Crippen molar-refractivity contribution < 1.29 is 14.6 Å². The quantitative estimate of drug-likeness (QED) is 0.128. The van der Waals surface area contributed by atoms with Gasteiger partial charge in [-0.3, -0.25) is 0 Å². The number of ether oxygens (including phenoxy) is 1. The summed E-state index contributed by atoms with van der Waals surface area (Å²) in [7, 11) is 2.21. The number of benzene rings is 4. The highest BCUT2D eigenvalue weighted by Crippen LogP contribution is 2.43. The summed E-state index contributed by atoms with van der Waals surface area (Å²) in [5.74, 6) is 2.32. The summed E-state index contributed by atoms with van der Waals surface area (Å²) >= 11 is 0. The summed E-state index contributed by atoms with van der Waals surface area (Å²) < 4.78 is 5.52. The molecular weight excluding hydrogens is 500 g/mol. The third-order valence-electron chi connectivity index (χ3n) is 7.53. The van der Waals surface area contributed by atoms with Crippen LogP contribution < -0.4 is 9.22 Å².